The summed E-state index contributed by atoms with van der Waals surface area (Å²) in [4.78, 5) is 26.0. The fraction of sp³-hybridized carbons (Fsp3) is 0.400. The number of nitrogens with one attached hydrogen (secondary N) is 3. The van der Waals surface area contributed by atoms with E-state index in [0.29, 0.717) is 5.69 Å². The van der Waals surface area contributed by atoms with E-state index in [1.54, 1.807) is 28.6 Å². The van der Waals surface area contributed by atoms with E-state index in [2.05, 4.69) is 22.8 Å². The zero-order valence-corrected chi connectivity index (χ0v) is 17.8. The third-order valence-electron chi connectivity index (χ3n) is 4.76. The van der Waals surface area contributed by atoms with Crippen LogP contribution in [0.3, 0.4) is 0 Å². The second-order valence-corrected chi connectivity index (χ2v) is 9.38. The van der Waals surface area contributed by atoms with E-state index in [1.807, 2.05) is 24.3 Å². The molecule has 1 aromatic carbocycles. The van der Waals surface area contributed by atoms with Crippen molar-refractivity contribution in [2.75, 3.05) is 24.9 Å². The molecule has 9 heteroatoms. The molecular weight excluding hydrogens is 410 g/mol. The zero-order valence-electron chi connectivity index (χ0n) is 16.2. The molecule has 0 radical (unpaired) electrons. The standard InChI is InChI=1S/C20H25N3O4S2/c1-27-13-21-19(25)22-15-6-4-5-14(11-15)16-7-8-17(29-16)20(12-18(24)23-26)9-2-3-10-28-20/h4-8,11,26H,2-3,9-10,12-13H2,1H3,(H,23,24)(H2,21,22,25)/t20-/m0/s1. The van der Waals surface area contributed by atoms with Crippen molar-refractivity contribution in [3.8, 4) is 10.4 Å². The molecule has 156 valence electrons. The number of amides is 3. The van der Waals surface area contributed by atoms with Crippen LogP contribution >= 0.6 is 23.1 Å². The van der Waals surface area contributed by atoms with Crippen LogP contribution in [0.5, 0.6) is 0 Å². The number of benzene rings is 1. The van der Waals surface area contributed by atoms with Crippen LogP contribution in [0, 0.1) is 0 Å². The highest BCUT2D eigenvalue weighted by Gasteiger charge is 2.38. The number of anilines is 1. The van der Waals surface area contributed by atoms with Gasteiger partial charge in [0.2, 0.25) is 5.91 Å². The minimum Gasteiger partial charge on any atom is -0.364 e. The molecule has 1 fully saturated rings. The largest absolute Gasteiger partial charge is 0.364 e. The van der Waals surface area contributed by atoms with Crippen LogP contribution in [-0.4, -0.2) is 36.7 Å². The van der Waals surface area contributed by atoms with Crippen LogP contribution in [0.25, 0.3) is 10.4 Å². The fourth-order valence-electron chi connectivity index (χ4n) is 3.37. The fourth-order valence-corrected chi connectivity index (χ4v) is 6.26. The zero-order chi connectivity index (χ0) is 20.7. The Morgan fingerprint density at radius 1 is 1.24 bits per heavy atom. The molecule has 1 aliphatic rings. The van der Waals surface area contributed by atoms with E-state index in [-0.39, 0.29) is 29.8 Å². The van der Waals surface area contributed by atoms with Crippen molar-refractivity contribution in [2.24, 2.45) is 0 Å². The summed E-state index contributed by atoms with van der Waals surface area (Å²) in [6.45, 7) is 0.140. The first-order valence-corrected chi connectivity index (χ1v) is 11.2. The SMILES string of the molecule is COCNC(=O)Nc1cccc(-c2ccc([C@@]3(CC(=O)NO)CCCCS3)s2)c1. The first kappa shape index (κ1) is 21.6. The van der Waals surface area contributed by atoms with Crippen molar-refractivity contribution in [3.63, 3.8) is 0 Å². The van der Waals surface area contributed by atoms with Crippen molar-refractivity contribution in [1.29, 1.82) is 0 Å². The number of carbonyl (C=O) groups excluding carboxylic acids is 2. The molecule has 1 aliphatic heterocycles. The topological polar surface area (TPSA) is 99.7 Å². The molecule has 0 spiro atoms. The third kappa shape index (κ3) is 5.51. The molecule has 2 aromatic rings. The van der Waals surface area contributed by atoms with E-state index in [1.165, 1.54) is 7.11 Å². The quantitative estimate of drug-likeness (QED) is 0.297. The van der Waals surface area contributed by atoms with Gasteiger partial charge in [0, 0.05) is 29.0 Å². The third-order valence-corrected chi connectivity index (χ3v) is 7.84. The average molecular weight is 436 g/mol. The monoisotopic (exact) mass is 435 g/mol. The molecule has 1 atom stereocenters. The molecule has 0 saturated carbocycles. The smallest absolute Gasteiger partial charge is 0.321 e. The highest BCUT2D eigenvalue weighted by atomic mass is 32.2. The first-order chi connectivity index (χ1) is 14.1. The van der Waals surface area contributed by atoms with Crippen LogP contribution in [0.4, 0.5) is 10.5 Å². The molecular formula is C20H25N3O4S2. The second kappa shape index (κ2) is 10.1. The maximum absolute atomic E-state index is 11.9. The van der Waals surface area contributed by atoms with Crippen molar-refractivity contribution < 1.29 is 19.5 Å². The minimum atomic E-state index is -0.359. The Morgan fingerprint density at radius 2 is 2.10 bits per heavy atom. The summed E-state index contributed by atoms with van der Waals surface area (Å²) in [6, 6.07) is 11.4. The van der Waals surface area contributed by atoms with Gasteiger partial charge in [0.05, 0.1) is 4.75 Å². The number of thioether (sulfide) groups is 1. The molecule has 0 unspecified atom stereocenters. The average Bonchev–Trinajstić information content (AvgIpc) is 3.24. The summed E-state index contributed by atoms with van der Waals surface area (Å²) < 4.78 is 4.53. The lowest BCUT2D eigenvalue weighted by atomic mass is 9.94. The lowest BCUT2D eigenvalue weighted by Gasteiger charge is -2.35. The lowest BCUT2D eigenvalue weighted by Crippen LogP contribution is -2.32. The van der Waals surface area contributed by atoms with Crippen molar-refractivity contribution >= 4 is 40.7 Å². The van der Waals surface area contributed by atoms with E-state index < -0.39 is 0 Å². The van der Waals surface area contributed by atoms with Gasteiger partial charge in [-0.25, -0.2) is 10.3 Å². The summed E-state index contributed by atoms with van der Waals surface area (Å²) in [5.74, 6) is 0.643. The highest BCUT2D eigenvalue weighted by Crippen LogP contribution is 2.50. The van der Waals surface area contributed by atoms with Crippen LogP contribution in [-0.2, 0) is 14.3 Å². The van der Waals surface area contributed by atoms with Gasteiger partial charge in [-0.3, -0.25) is 10.0 Å². The van der Waals surface area contributed by atoms with Gasteiger partial charge in [0.15, 0.2) is 0 Å². The van der Waals surface area contributed by atoms with E-state index in [0.717, 1.165) is 40.3 Å². The van der Waals surface area contributed by atoms with Gasteiger partial charge in [0.25, 0.3) is 0 Å². The number of rotatable bonds is 7. The van der Waals surface area contributed by atoms with Crippen LogP contribution in [0.1, 0.15) is 30.6 Å². The molecule has 29 heavy (non-hydrogen) atoms. The minimum absolute atomic E-state index is 0.140. The van der Waals surface area contributed by atoms with Crippen LogP contribution < -0.4 is 16.1 Å². The van der Waals surface area contributed by atoms with Gasteiger partial charge >= 0.3 is 6.03 Å². The molecule has 7 nitrogen and oxygen atoms in total. The van der Waals surface area contributed by atoms with E-state index >= 15 is 0 Å². The number of urea groups is 1. The molecule has 3 rings (SSSR count). The Labute approximate surface area is 178 Å². The summed E-state index contributed by atoms with van der Waals surface area (Å²) in [5.41, 5.74) is 3.46. The van der Waals surface area contributed by atoms with Gasteiger partial charge in [-0.05, 0) is 48.4 Å². The number of thiophene rings is 1. The summed E-state index contributed by atoms with van der Waals surface area (Å²) >= 11 is 3.45. The predicted molar refractivity (Wildman–Crippen MR) is 116 cm³/mol. The van der Waals surface area contributed by atoms with Crippen molar-refractivity contribution in [1.82, 2.24) is 10.8 Å². The Hall–Kier alpha value is -2.07. The molecule has 1 aromatic heterocycles. The molecule has 3 amide bonds. The number of carbonyl (C=O) groups is 2. The number of hydroxylamine groups is 1. The summed E-state index contributed by atoms with van der Waals surface area (Å²) in [7, 11) is 1.51. The second-order valence-electron chi connectivity index (χ2n) is 6.82. The van der Waals surface area contributed by atoms with Gasteiger partial charge < -0.3 is 15.4 Å². The van der Waals surface area contributed by atoms with Gasteiger partial charge in [-0.15, -0.1) is 23.1 Å². The van der Waals surface area contributed by atoms with Crippen molar-refractivity contribution in [2.45, 2.75) is 30.4 Å². The van der Waals surface area contributed by atoms with Crippen LogP contribution in [0.2, 0.25) is 0 Å². The van der Waals surface area contributed by atoms with Gasteiger partial charge in [0.1, 0.15) is 6.73 Å². The van der Waals surface area contributed by atoms with Crippen molar-refractivity contribution in [3.05, 3.63) is 41.3 Å². The summed E-state index contributed by atoms with van der Waals surface area (Å²) in [5, 5.41) is 14.4. The molecule has 1 saturated heterocycles. The Morgan fingerprint density at radius 3 is 2.83 bits per heavy atom. The molecule has 0 aliphatic carbocycles. The Kier molecular flexibility index (Phi) is 7.54. The number of ether oxygens (including phenoxy) is 1. The maximum atomic E-state index is 11.9. The maximum Gasteiger partial charge on any atom is 0.321 e. The van der Waals surface area contributed by atoms with E-state index in [9.17, 15) is 9.59 Å². The van der Waals surface area contributed by atoms with Gasteiger partial charge in [-0.2, -0.15) is 0 Å². The van der Waals surface area contributed by atoms with E-state index in [4.69, 9.17) is 9.94 Å². The van der Waals surface area contributed by atoms with Gasteiger partial charge in [-0.1, -0.05) is 18.6 Å². The Bertz CT molecular complexity index is 850. The molecule has 0 bridgehead atoms. The predicted octanol–water partition coefficient (Wildman–Crippen LogP) is 4.15. The molecule has 2 heterocycles. The number of hydrogen-bond donors (Lipinski definition) is 4. The number of methoxy groups -OCH3 is 1. The normalized spacial score (nSPS) is 18.8. The lowest BCUT2D eigenvalue weighted by molar-refractivity contribution is -0.129. The van der Waals surface area contributed by atoms with Crippen LogP contribution in [0.15, 0.2) is 36.4 Å². The highest BCUT2D eigenvalue weighted by molar-refractivity contribution is 8.00. The Balaban J connectivity index is 1.80. The summed E-state index contributed by atoms with van der Waals surface area (Å²) in [6.07, 6.45) is 3.38. The first-order valence-electron chi connectivity index (χ1n) is 9.38. The molecule has 4 N–H and O–H groups in total. The number of hydrogen-bond acceptors (Lipinski definition) is 6.